The molecule has 6 aromatic rings. The Balaban J connectivity index is 1.66. The predicted molar refractivity (Wildman–Crippen MR) is 154 cm³/mol. The van der Waals surface area contributed by atoms with Crippen molar-refractivity contribution in [1.82, 2.24) is 10.2 Å². The molecule has 0 saturated carbocycles. The molecule has 4 aromatic carbocycles. The Morgan fingerprint density at radius 3 is 2.00 bits per heavy atom. The van der Waals surface area contributed by atoms with E-state index in [2.05, 4.69) is 10.2 Å². The zero-order valence-corrected chi connectivity index (χ0v) is 21.0. The van der Waals surface area contributed by atoms with Crippen molar-refractivity contribution in [2.24, 2.45) is 4.99 Å². The first-order chi connectivity index (χ1) is 18.7. The molecule has 182 valence electrons. The number of ketones is 1. The lowest BCUT2D eigenvalue weighted by atomic mass is 9.96. The number of aliphatic imine (C=N–C) groups is 1. The fourth-order valence-corrected chi connectivity index (χ4v) is 5.39. The van der Waals surface area contributed by atoms with Crippen LogP contribution in [0.3, 0.4) is 0 Å². The van der Waals surface area contributed by atoms with Crippen LogP contribution >= 0.6 is 11.3 Å². The lowest BCUT2D eigenvalue weighted by Gasteiger charge is -2.11. The van der Waals surface area contributed by atoms with Crippen molar-refractivity contribution in [1.29, 1.82) is 0 Å². The summed E-state index contributed by atoms with van der Waals surface area (Å²) in [6.07, 6.45) is 1.71. The molecule has 6 rings (SSSR count). The Bertz CT molecular complexity index is 1760. The number of phenols is 1. The molecule has 0 bridgehead atoms. The van der Waals surface area contributed by atoms with Gasteiger partial charge in [-0.3, -0.25) is 9.79 Å². The molecule has 2 aromatic heterocycles. The van der Waals surface area contributed by atoms with E-state index in [-0.39, 0.29) is 11.5 Å². The van der Waals surface area contributed by atoms with E-state index >= 15 is 0 Å². The van der Waals surface area contributed by atoms with Gasteiger partial charge in [0.15, 0.2) is 0 Å². The normalized spacial score (nSPS) is 11.3. The maximum absolute atomic E-state index is 13.8. The summed E-state index contributed by atoms with van der Waals surface area (Å²) in [5, 5.41) is 19.7. The van der Waals surface area contributed by atoms with Crippen molar-refractivity contribution in [3.8, 4) is 28.1 Å². The van der Waals surface area contributed by atoms with Gasteiger partial charge in [-0.15, -0.1) is 21.5 Å². The summed E-state index contributed by atoms with van der Waals surface area (Å²) < 4.78 is 0. The van der Waals surface area contributed by atoms with E-state index in [0.29, 0.717) is 21.0 Å². The lowest BCUT2D eigenvalue weighted by Crippen LogP contribution is -1.98. The fourth-order valence-electron chi connectivity index (χ4n) is 4.35. The van der Waals surface area contributed by atoms with Crippen LogP contribution in [0.15, 0.2) is 120 Å². The van der Waals surface area contributed by atoms with E-state index in [1.165, 1.54) is 11.3 Å². The molecule has 0 amide bonds. The number of benzene rings is 4. The van der Waals surface area contributed by atoms with Crippen molar-refractivity contribution in [2.45, 2.75) is 0 Å². The Hall–Kier alpha value is -4.94. The van der Waals surface area contributed by atoms with Crippen LogP contribution in [0, 0.1) is 0 Å². The molecule has 0 saturated heterocycles. The molecule has 0 aliphatic rings. The number of hydrogen-bond donors (Lipinski definition) is 1. The minimum atomic E-state index is -0.119. The monoisotopic (exact) mass is 511 g/mol. The highest BCUT2D eigenvalue weighted by Gasteiger charge is 2.25. The van der Waals surface area contributed by atoms with E-state index in [9.17, 15) is 9.90 Å². The van der Waals surface area contributed by atoms with Crippen LogP contribution in [0.25, 0.3) is 32.6 Å². The minimum Gasteiger partial charge on any atom is -0.508 e. The second-order valence-corrected chi connectivity index (χ2v) is 9.66. The summed E-state index contributed by atoms with van der Waals surface area (Å²) >= 11 is 1.30. The van der Waals surface area contributed by atoms with Crippen molar-refractivity contribution in [3.63, 3.8) is 0 Å². The molecule has 6 heteroatoms. The number of carbonyl (C=O) groups is 1. The quantitative estimate of drug-likeness (QED) is 0.184. The number of aromatic hydroxyl groups is 1. The van der Waals surface area contributed by atoms with Gasteiger partial charge in [0, 0.05) is 28.3 Å². The van der Waals surface area contributed by atoms with Gasteiger partial charge in [0.05, 0.1) is 5.69 Å². The molecule has 0 atom stereocenters. The van der Waals surface area contributed by atoms with E-state index in [0.717, 1.165) is 33.3 Å². The zero-order chi connectivity index (χ0) is 25.9. The topological polar surface area (TPSA) is 75.4 Å². The first-order valence-electron chi connectivity index (χ1n) is 12.1. The largest absolute Gasteiger partial charge is 0.508 e. The molecule has 0 aliphatic heterocycles. The maximum Gasteiger partial charge on any atom is 0.205 e. The average Bonchev–Trinajstić information content (AvgIpc) is 3.36. The van der Waals surface area contributed by atoms with Crippen molar-refractivity contribution >= 4 is 39.2 Å². The second-order valence-electron chi connectivity index (χ2n) is 8.66. The Kier molecular flexibility index (Phi) is 6.30. The second kappa shape index (κ2) is 10.2. The van der Waals surface area contributed by atoms with Gasteiger partial charge in [0.25, 0.3) is 0 Å². The number of hydrogen-bond acceptors (Lipinski definition) is 6. The zero-order valence-electron chi connectivity index (χ0n) is 20.2. The average molecular weight is 512 g/mol. The van der Waals surface area contributed by atoms with Crippen molar-refractivity contribution in [2.75, 3.05) is 0 Å². The molecule has 2 heterocycles. The van der Waals surface area contributed by atoms with Crippen LogP contribution in [-0.2, 0) is 0 Å². The highest BCUT2D eigenvalue weighted by Crippen LogP contribution is 2.46. The summed E-state index contributed by atoms with van der Waals surface area (Å²) in [6.45, 7) is 0. The molecule has 1 N–H and O–H groups in total. The molecule has 0 unspecified atom stereocenters. The van der Waals surface area contributed by atoms with Gasteiger partial charge in [0.2, 0.25) is 5.78 Å². The molecular formula is C32H21N3O2S. The third-order valence-electron chi connectivity index (χ3n) is 6.18. The van der Waals surface area contributed by atoms with Crippen LogP contribution in [0.2, 0.25) is 0 Å². The van der Waals surface area contributed by atoms with Crippen molar-refractivity contribution in [3.05, 3.63) is 131 Å². The standard InChI is InChI=1S/C32H21N3O2S/c36-25-18-16-21(17-19-25)20-33-29-27-26(22-10-4-1-5-11-22)28(23-12-6-2-7-13-23)34-35-32(27)38-31(29)30(37)24-14-8-3-9-15-24/h1-20,36H. The number of aromatic nitrogens is 2. The Morgan fingerprint density at radius 1 is 0.737 bits per heavy atom. The molecule has 5 nitrogen and oxygen atoms in total. The number of thiophene rings is 1. The first-order valence-corrected chi connectivity index (χ1v) is 12.9. The van der Waals surface area contributed by atoms with Gasteiger partial charge in [-0.25, -0.2) is 0 Å². The van der Waals surface area contributed by atoms with Crippen LogP contribution in [0.4, 0.5) is 5.69 Å². The Labute approximate surface area is 223 Å². The number of phenolic OH excluding ortho intramolecular Hbond substituents is 1. The van der Waals surface area contributed by atoms with E-state index in [4.69, 9.17) is 4.99 Å². The van der Waals surface area contributed by atoms with Crippen LogP contribution in [-0.4, -0.2) is 27.3 Å². The first kappa shape index (κ1) is 23.5. The molecule has 38 heavy (non-hydrogen) atoms. The Morgan fingerprint density at radius 2 is 1.34 bits per heavy atom. The number of fused-ring (bicyclic) bond motifs is 1. The number of rotatable bonds is 6. The van der Waals surface area contributed by atoms with E-state index in [1.54, 1.807) is 42.6 Å². The van der Waals surface area contributed by atoms with Crippen LogP contribution in [0.1, 0.15) is 20.8 Å². The molecule has 0 aliphatic carbocycles. The van der Waals surface area contributed by atoms with Gasteiger partial charge in [-0.1, -0.05) is 91.0 Å². The predicted octanol–water partition coefficient (Wildman–Crippen LogP) is 7.71. The van der Waals surface area contributed by atoms with Gasteiger partial charge in [-0.2, -0.15) is 0 Å². The summed E-state index contributed by atoms with van der Waals surface area (Å²) in [5.74, 6) is 0.0592. The smallest absolute Gasteiger partial charge is 0.205 e. The summed E-state index contributed by atoms with van der Waals surface area (Å²) in [5.41, 5.74) is 5.42. The third-order valence-corrected chi connectivity index (χ3v) is 7.24. The number of carbonyl (C=O) groups excluding carboxylic acids is 1. The maximum atomic E-state index is 13.8. The summed E-state index contributed by atoms with van der Waals surface area (Å²) in [4.78, 5) is 19.8. The lowest BCUT2D eigenvalue weighted by molar-refractivity contribution is 0.104. The van der Waals surface area contributed by atoms with Crippen molar-refractivity contribution < 1.29 is 9.90 Å². The van der Waals surface area contributed by atoms with Crippen LogP contribution < -0.4 is 0 Å². The van der Waals surface area contributed by atoms with E-state index in [1.807, 2.05) is 78.9 Å². The number of nitrogens with zero attached hydrogens (tertiary/aromatic N) is 3. The van der Waals surface area contributed by atoms with Crippen LogP contribution in [0.5, 0.6) is 5.75 Å². The van der Waals surface area contributed by atoms with Gasteiger partial charge in [0.1, 0.15) is 21.2 Å². The molecule has 0 spiro atoms. The summed E-state index contributed by atoms with van der Waals surface area (Å²) in [6, 6.07) is 35.9. The molecular weight excluding hydrogens is 490 g/mol. The van der Waals surface area contributed by atoms with E-state index < -0.39 is 0 Å². The summed E-state index contributed by atoms with van der Waals surface area (Å²) in [7, 11) is 0. The fraction of sp³-hybridized carbons (Fsp3) is 0. The highest BCUT2D eigenvalue weighted by atomic mass is 32.1. The SMILES string of the molecule is O=C(c1ccccc1)c1sc2nnc(-c3ccccc3)c(-c3ccccc3)c2c1N=Cc1ccc(O)cc1. The van der Waals surface area contributed by atoms with Gasteiger partial charge in [-0.05, 0) is 35.4 Å². The van der Waals surface area contributed by atoms with Gasteiger partial charge >= 0.3 is 0 Å². The minimum absolute atomic E-state index is 0.119. The molecule has 0 fully saturated rings. The van der Waals surface area contributed by atoms with Gasteiger partial charge < -0.3 is 5.11 Å². The highest BCUT2D eigenvalue weighted by molar-refractivity contribution is 7.21. The third kappa shape index (κ3) is 4.49. The molecule has 0 radical (unpaired) electrons.